The summed E-state index contributed by atoms with van der Waals surface area (Å²) >= 11 is 6.03. The van der Waals surface area contributed by atoms with Crippen LogP contribution in [0, 0.1) is 11.7 Å². The summed E-state index contributed by atoms with van der Waals surface area (Å²) < 4.78 is 32.9. The van der Waals surface area contributed by atoms with Crippen LogP contribution in [0.15, 0.2) is 53.5 Å². The van der Waals surface area contributed by atoms with Gasteiger partial charge in [-0.1, -0.05) is 48.0 Å². The summed E-state index contributed by atoms with van der Waals surface area (Å²) in [6, 6.07) is 12.2. The molecule has 2 aromatic carbocycles. The number of hydrogen-bond donors (Lipinski definition) is 1. The van der Waals surface area contributed by atoms with Crippen LogP contribution in [0.4, 0.5) is 4.39 Å². The molecule has 1 aliphatic heterocycles. The van der Waals surface area contributed by atoms with Gasteiger partial charge in [0, 0.05) is 45.6 Å². The number of aromatic nitrogens is 1. The fraction of sp³-hybridized carbons (Fsp3) is 0.367. The number of nitrogens with one attached hydrogen (secondary N) is 1. The van der Waals surface area contributed by atoms with Gasteiger partial charge in [-0.25, -0.2) is 4.39 Å². The number of amides is 2. The van der Waals surface area contributed by atoms with Gasteiger partial charge in [0.25, 0.3) is 11.8 Å². The summed E-state index contributed by atoms with van der Waals surface area (Å²) in [4.78, 5) is 42.2. The molecule has 1 N–H and O–H groups in total. The summed E-state index contributed by atoms with van der Waals surface area (Å²) in [5.41, 5.74) is -0.419. The molecule has 11 heteroatoms. The zero-order chi connectivity index (χ0) is 29.3. The van der Waals surface area contributed by atoms with Gasteiger partial charge in [0.2, 0.25) is 5.43 Å². The fourth-order valence-electron chi connectivity index (χ4n) is 5.79. The third kappa shape index (κ3) is 5.29. The van der Waals surface area contributed by atoms with Crippen molar-refractivity contribution in [3.8, 4) is 11.5 Å². The van der Waals surface area contributed by atoms with Crippen molar-refractivity contribution in [3.05, 3.63) is 92.1 Å². The van der Waals surface area contributed by atoms with Crippen LogP contribution in [0.3, 0.4) is 0 Å². The number of methoxy groups -OCH3 is 2. The van der Waals surface area contributed by atoms with Gasteiger partial charge < -0.3 is 29.0 Å². The van der Waals surface area contributed by atoms with Crippen molar-refractivity contribution in [2.75, 3.05) is 34.4 Å². The van der Waals surface area contributed by atoms with E-state index in [0.717, 1.165) is 5.56 Å². The number of halogens is 2. The molecule has 2 heterocycles. The number of hydrogen-bond acceptors (Lipinski definition) is 6. The van der Waals surface area contributed by atoms with Gasteiger partial charge in [-0.3, -0.25) is 14.4 Å². The quantitative estimate of drug-likeness (QED) is 0.409. The SMILES string of the molecule is COCC1CC2(C1)CN(C)C(=O)c1c(OCc3ccccc3)c(=O)c(C(=O)NCc3ccc(OC)c(Cl)c3F)cn12. The van der Waals surface area contributed by atoms with Gasteiger partial charge in [0.05, 0.1) is 12.6 Å². The number of fused-ring (bicyclic) bond motifs is 2. The molecule has 2 amide bonds. The van der Waals surface area contributed by atoms with E-state index in [4.69, 9.17) is 25.8 Å². The van der Waals surface area contributed by atoms with Gasteiger partial charge in [-0.2, -0.15) is 0 Å². The summed E-state index contributed by atoms with van der Waals surface area (Å²) in [6.07, 6.45) is 2.83. The van der Waals surface area contributed by atoms with Gasteiger partial charge in [0.15, 0.2) is 17.3 Å². The lowest BCUT2D eigenvalue weighted by Gasteiger charge is -2.54. The van der Waals surface area contributed by atoms with Crippen molar-refractivity contribution >= 4 is 23.4 Å². The van der Waals surface area contributed by atoms with E-state index in [9.17, 15) is 18.8 Å². The van der Waals surface area contributed by atoms with E-state index >= 15 is 0 Å². The van der Waals surface area contributed by atoms with Crippen LogP contribution in [0.5, 0.6) is 11.5 Å². The number of ether oxygens (including phenoxy) is 3. The van der Waals surface area contributed by atoms with Gasteiger partial charge in [0.1, 0.15) is 22.9 Å². The largest absolute Gasteiger partial charge is 0.495 e. The van der Waals surface area contributed by atoms with Crippen molar-refractivity contribution in [1.29, 1.82) is 0 Å². The van der Waals surface area contributed by atoms with Crippen molar-refractivity contribution in [3.63, 3.8) is 0 Å². The number of carbonyl (C=O) groups excluding carboxylic acids is 2. The smallest absolute Gasteiger partial charge is 0.274 e. The summed E-state index contributed by atoms with van der Waals surface area (Å²) in [6.45, 7) is 0.783. The average molecular weight is 584 g/mol. The topological polar surface area (TPSA) is 99.1 Å². The van der Waals surface area contributed by atoms with Gasteiger partial charge in [-0.15, -0.1) is 0 Å². The van der Waals surface area contributed by atoms with Crippen molar-refractivity contribution in [2.24, 2.45) is 5.92 Å². The highest BCUT2D eigenvalue weighted by molar-refractivity contribution is 6.32. The van der Waals surface area contributed by atoms with Crippen molar-refractivity contribution in [2.45, 2.75) is 31.5 Å². The number of carbonyl (C=O) groups is 2. The monoisotopic (exact) mass is 583 g/mol. The van der Waals surface area contributed by atoms with Crippen LogP contribution in [0.2, 0.25) is 5.02 Å². The number of nitrogens with zero attached hydrogens (tertiary/aromatic N) is 2. The Hall–Kier alpha value is -3.89. The molecule has 0 atom stereocenters. The molecule has 0 unspecified atom stereocenters. The van der Waals surface area contributed by atoms with E-state index in [1.54, 1.807) is 23.6 Å². The number of benzene rings is 2. The predicted octanol–water partition coefficient (Wildman–Crippen LogP) is 4.00. The van der Waals surface area contributed by atoms with E-state index in [1.165, 1.54) is 25.4 Å². The van der Waals surface area contributed by atoms with Crippen LogP contribution < -0.4 is 20.2 Å². The lowest BCUT2D eigenvalue weighted by molar-refractivity contribution is -0.0192. The Morgan fingerprint density at radius 2 is 1.88 bits per heavy atom. The normalized spacial score (nSPS) is 19.5. The lowest BCUT2D eigenvalue weighted by atomic mass is 9.67. The maximum atomic E-state index is 14.8. The number of likely N-dealkylation sites (N-methyl/N-ethyl adjacent to an activating group) is 1. The molecule has 0 radical (unpaired) electrons. The number of rotatable bonds is 9. The first-order valence-electron chi connectivity index (χ1n) is 13.2. The van der Waals surface area contributed by atoms with Crippen LogP contribution >= 0.6 is 11.6 Å². The predicted molar refractivity (Wildman–Crippen MR) is 150 cm³/mol. The van der Waals surface area contributed by atoms with Crippen molar-refractivity contribution < 1.29 is 28.2 Å². The van der Waals surface area contributed by atoms with Gasteiger partial charge in [-0.05, 0) is 30.4 Å². The first kappa shape index (κ1) is 28.6. The highest BCUT2D eigenvalue weighted by Gasteiger charge is 2.52. The summed E-state index contributed by atoms with van der Waals surface area (Å²) in [5.74, 6) is -1.58. The van der Waals surface area contributed by atoms with E-state index in [0.29, 0.717) is 26.0 Å². The Morgan fingerprint density at radius 1 is 1.15 bits per heavy atom. The van der Waals surface area contributed by atoms with Crippen LogP contribution in [0.25, 0.3) is 0 Å². The molecule has 0 bridgehead atoms. The molecule has 41 heavy (non-hydrogen) atoms. The highest BCUT2D eigenvalue weighted by atomic mass is 35.5. The minimum Gasteiger partial charge on any atom is -0.495 e. The van der Waals surface area contributed by atoms with Crippen LogP contribution in [0.1, 0.15) is 44.8 Å². The zero-order valence-electron chi connectivity index (χ0n) is 23.0. The minimum absolute atomic E-state index is 0.0278. The first-order chi connectivity index (χ1) is 19.7. The second-order valence-electron chi connectivity index (χ2n) is 10.5. The molecule has 2 aliphatic rings. The maximum Gasteiger partial charge on any atom is 0.274 e. The van der Waals surface area contributed by atoms with E-state index in [2.05, 4.69) is 5.32 Å². The van der Waals surface area contributed by atoms with E-state index in [-0.39, 0.29) is 58.3 Å². The minimum atomic E-state index is -0.730. The molecule has 216 valence electrons. The van der Waals surface area contributed by atoms with Crippen LogP contribution in [-0.2, 0) is 23.4 Å². The Kier molecular flexibility index (Phi) is 8.06. The fourth-order valence-corrected chi connectivity index (χ4v) is 6.05. The Balaban J connectivity index is 1.53. The summed E-state index contributed by atoms with van der Waals surface area (Å²) in [5, 5.41) is 2.42. The average Bonchev–Trinajstić information content (AvgIpc) is 2.95. The van der Waals surface area contributed by atoms with E-state index < -0.39 is 22.7 Å². The maximum absolute atomic E-state index is 14.8. The standard InChI is InChI=1S/C30H31ClFN3O6/c1-34-17-30(11-19(12-30)15-39-2)35-14-21(28(37)33-13-20-9-10-22(40-3)23(31)24(20)32)26(36)27(25(35)29(34)38)41-16-18-7-5-4-6-8-18/h4-10,14,19H,11-13,15-17H2,1-3H3,(H,33,37). The third-order valence-corrected chi connectivity index (χ3v) is 8.11. The van der Waals surface area contributed by atoms with Crippen LogP contribution in [-0.4, -0.2) is 55.7 Å². The first-order valence-corrected chi connectivity index (χ1v) is 13.6. The molecule has 1 saturated carbocycles. The summed E-state index contributed by atoms with van der Waals surface area (Å²) in [7, 11) is 4.71. The van der Waals surface area contributed by atoms with Crippen molar-refractivity contribution in [1.82, 2.24) is 14.8 Å². The molecule has 3 aromatic rings. The molecule has 5 rings (SSSR count). The Labute approximate surface area is 241 Å². The highest BCUT2D eigenvalue weighted by Crippen LogP contribution is 2.48. The zero-order valence-corrected chi connectivity index (χ0v) is 23.8. The second-order valence-corrected chi connectivity index (χ2v) is 10.9. The second kappa shape index (κ2) is 11.5. The Bertz CT molecular complexity index is 1540. The Morgan fingerprint density at radius 3 is 2.56 bits per heavy atom. The van der Waals surface area contributed by atoms with Gasteiger partial charge >= 0.3 is 0 Å². The molecule has 1 aliphatic carbocycles. The number of pyridine rings is 1. The third-order valence-electron chi connectivity index (χ3n) is 7.75. The molecule has 1 fully saturated rings. The van der Waals surface area contributed by atoms with E-state index in [1.807, 2.05) is 30.3 Å². The molecule has 0 saturated heterocycles. The molecular weight excluding hydrogens is 553 g/mol. The molecule has 1 spiro atoms. The lowest BCUT2D eigenvalue weighted by Crippen LogP contribution is -2.60. The molecule has 1 aromatic heterocycles. The molecule has 9 nitrogen and oxygen atoms in total. The molecular formula is C30H31ClFN3O6.